The molecular weight excluding hydrogens is 446 g/mol. The van der Waals surface area contributed by atoms with Crippen molar-refractivity contribution in [3.05, 3.63) is 6.20 Å². The standard InChI is InChI=1S/C23H35N3O4S2/c27-20(28)15-31-21-12-24-22(32-21)25-23(29)26(18-4-2-1-3-5-18)19-10-8-17(9-11-19)14-30-13-16-6-7-16/h12,16-19H,1-11,13-15H2,(H,27,28)(H,24,25,29). The predicted molar refractivity (Wildman–Crippen MR) is 127 cm³/mol. The highest BCUT2D eigenvalue weighted by Gasteiger charge is 2.35. The van der Waals surface area contributed by atoms with E-state index in [9.17, 15) is 9.59 Å². The molecule has 4 rings (SSSR count). The number of urea groups is 1. The molecule has 0 spiro atoms. The molecule has 3 aliphatic rings. The largest absolute Gasteiger partial charge is 0.481 e. The second kappa shape index (κ2) is 11.7. The van der Waals surface area contributed by atoms with Gasteiger partial charge in [-0.15, -0.1) is 11.8 Å². The van der Waals surface area contributed by atoms with Crippen LogP contribution < -0.4 is 5.32 Å². The van der Waals surface area contributed by atoms with E-state index >= 15 is 0 Å². The molecule has 1 aromatic rings. The number of anilines is 1. The number of carboxylic acids is 1. The predicted octanol–water partition coefficient (Wildman–Crippen LogP) is 5.47. The average Bonchev–Trinajstić information content (AvgIpc) is 3.51. The van der Waals surface area contributed by atoms with E-state index in [0.29, 0.717) is 17.1 Å². The van der Waals surface area contributed by atoms with Gasteiger partial charge in [0.2, 0.25) is 0 Å². The van der Waals surface area contributed by atoms with Crippen LogP contribution >= 0.6 is 23.1 Å². The maximum absolute atomic E-state index is 13.4. The van der Waals surface area contributed by atoms with Crippen LogP contribution in [-0.4, -0.2) is 58.0 Å². The van der Waals surface area contributed by atoms with Gasteiger partial charge < -0.3 is 14.7 Å². The highest BCUT2D eigenvalue weighted by molar-refractivity contribution is 8.01. The number of thioether (sulfide) groups is 1. The van der Waals surface area contributed by atoms with Crippen LogP contribution in [0.4, 0.5) is 9.93 Å². The number of rotatable bonds is 10. The molecule has 32 heavy (non-hydrogen) atoms. The van der Waals surface area contributed by atoms with Gasteiger partial charge in [0.25, 0.3) is 0 Å². The zero-order valence-electron chi connectivity index (χ0n) is 18.7. The van der Waals surface area contributed by atoms with Crippen LogP contribution in [0.2, 0.25) is 0 Å². The van der Waals surface area contributed by atoms with E-state index in [2.05, 4.69) is 15.2 Å². The number of hydrogen-bond acceptors (Lipinski definition) is 6. The van der Waals surface area contributed by atoms with E-state index in [1.54, 1.807) is 6.20 Å². The molecule has 178 valence electrons. The van der Waals surface area contributed by atoms with Gasteiger partial charge >= 0.3 is 12.0 Å². The summed E-state index contributed by atoms with van der Waals surface area (Å²) < 4.78 is 6.74. The Balaban J connectivity index is 1.32. The van der Waals surface area contributed by atoms with Gasteiger partial charge in [0.1, 0.15) is 0 Å². The molecule has 9 heteroatoms. The molecular formula is C23H35N3O4S2. The number of carboxylic acid groups (broad SMARTS) is 1. The first-order valence-electron chi connectivity index (χ1n) is 12.1. The average molecular weight is 482 g/mol. The SMILES string of the molecule is O=C(O)CSc1cnc(NC(=O)N(C2CCCCC2)C2CCC(COCC3CC3)CC2)s1. The number of nitrogens with one attached hydrogen (secondary N) is 1. The van der Waals surface area contributed by atoms with Gasteiger partial charge in [0, 0.05) is 25.3 Å². The van der Waals surface area contributed by atoms with Crippen LogP contribution in [-0.2, 0) is 9.53 Å². The number of aliphatic carboxylic acids is 1. The molecule has 0 aromatic carbocycles. The summed E-state index contributed by atoms with van der Waals surface area (Å²) in [5.74, 6) is 0.572. The Morgan fingerprint density at radius 2 is 1.66 bits per heavy atom. The first kappa shape index (κ1) is 23.8. The maximum atomic E-state index is 13.4. The zero-order chi connectivity index (χ0) is 22.3. The molecule has 2 N–H and O–H groups in total. The molecule has 3 saturated carbocycles. The van der Waals surface area contributed by atoms with E-state index in [-0.39, 0.29) is 17.8 Å². The fraction of sp³-hybridized carbons (Fsp3) is 0.783. The summed E-state index contributed by atoms with van der Waals surface area (Å²) in [5.41, 5.74) is 0. The number of aromatic nitrogens is 1. The van der Waals surface area contributed by atoms with E-state index in [1.807, 2.05) is 0 Å². The second-order valence-electron chi connectivity index (χ2n) is 9.45. The summed E-state index contributed by atoms with van der Waals surface area (Å²) in [7, 11) is 0. The van der Waals surface area contributed by atoms with Crippen molar-refractivity contribution in [1.82, 2.24) is 9.88 Å². The Morgan fingerprint density at radius 1 is 1.03 bits per heavy atom. The molecule has 0 bridgehead atoms. The van der Waals surface area contributed by atoms with Gasteiger partial charge in [-0.1, -0.05) is 30.6 Å². The van der Waals surface area contributed by atoms with Crippen molar-refractivity contribution in [2.75, 3.05) is 24.3 Å². The summed E-state index contributed by atoms with van der Waals surface area (Å²) in [4.78, 5) is 30.6. The summed E-state index contributed by atoms with van der Waals surface area (Å²) in [6.45, 7) is 1.80. The lowest BCUT2D eigenvalue weighted by molar-refractivity contribution is -0.133. The molecule has 0 atom stereocenters. The Hall–Kier alpha value is -1.32. The fourth-order valence-electron chi connectivity index (χ4n) is 4.94. The number of ether oxygens (including phenoxy) is 1. The Morgan fingerprint density at radius 3 is 2.28 bits per heavy atom. The number of thiazole rings is 1. The van der Waals surface area contributed by atoms with Crippen molar-refractivity contribution in [3.63, 3.8) is 0 Å². The van der Waals surface area contributed by atoms with Crippen LogP contribution in [0.25, 0.3) is 0 Å². The van der Waals surface area contributed by atoms with E-state index in [1.165, 1.54) is 55.2 Å². The molecule has 7 nitrogen and oxygen atoms in total. The van der Waals surface area contributed by atoms with Crippen LogP contribution in [0.3, 0.4) is 0 Å². The topological polar surface area (TPSA) is 91.8 Å². The number of amides is 2. The molecule has 1 heterocycles. The maximum Gasteiger partial charge on any atom is 0.324 e. The molecule has 3 fully saturated rings. The summed E-state index contributed by atoms with van der Waals surface area (Å²) in [5, 5.41) is 12.4. The van der Waals surface area contributed by atoms with Gasteiger partial charge in [-0.2, -0.15) is 0 Å². The van der Waals surface area contributed by atoms with E-state index < -0.39 is 5.97 Å². The van der Waals surface area contributed by atoms with Gasteiger partial charge in [0.15, 0.2) is 5.13 Å². The quantitative estimate of drug-likeness (QED) is 0.431. The Labute approximate surface area is 198 Å². The minimum absolute atomic E-state index is 0.00259. The minimum Gasteiger partial charge on any atom is -0.481 e. The number of nitrogens with zero attached hydrogens (tertiary/aromatic N) is 2. The number of carbonyl (C=O) groups is 2. The van der Waals surface area contributed by atoms with Crippen molar-refractivity contribution in [2.24, 2.45) is 11.8 Å². The minimum atomic E-state index is -0.856. The first-order chi connectivity index (χ1) is 15.6. The van der Waals surface area contributed by atoms with Gasteiger partial charge in [-0.05, 0) is 63.2 Å². The molecule has 1 aromatic heterocycles. The van der Waals surface area contributed by atoms with Crippen molar-refractivity contribution >= 4 is 40.2 Å². The highest BCUT2D eigenvalue weighted by Crippen LogP contribution is 2.35. The fourth-order valence-corrected chi connectivity index (χ4v) is 6.52. The first-order valence-corrected chi connectivity index (χ1v) is 13.9. The molecule has 0 radical (unpaired) electrons. The lowest BCUT2D eigenvalue weighted by Crippen LogP contribution is -2.51. The normalized spacial score (nSPS) is 24.2. The molecule has 0 aliphatic heterocycles. The van der Waals surface area contributed by atoms with Crippen molar-refractivity contribution in [3.8, 4) is 0 Å². The molecule has 0 unspecified atom stereocenters. The Bertz CT molecular complexity index is 756. The van der Waals surface area contributed by atoms with Gasteiger partial charge in [-0.3, -0.25) is 10.1 Å². The molecule has 0 saturated heterocycles. The highest BCUT2D eigenvalue weighted by atomic mass is 32.2. The molecule has 2 amide bonds. The summed E-state index contributed by atoms with van der Waals surface area (Å²) >= 11 is 2.58. The summed E-state index contributed by atoms with van der Waals surface area (Å²) in [6.07, 6.45) is 14.4. The number of hydrogen-bond donors (Lipinski definition) is 2. The van der Waals surface area contributed by atoms with Crippen LogP contribution in [0.5, 0.6) is 0 Å². The van der Waals surface area contributed by atoms with Crippen LogP contribution in [0.1, 0.15) is 70.6 Å². The Kier molecular flexibility index (Phi) is 8.71. The molecule has 3 aliphatic carbocycles. The van der Waals surface area contributed by atoms with Crippen LogP contribution in [0.15, 0.2) is 10.4 Å². The van der Waals surface area contributed by atoms with Crippen LogP contribution in [0, 0.1) is 11.8 Å². The number of carbonyl (C=O) groups excluding carboxylic acids is 1. The monoisotopic (exact) mass is 481 g/mol. The second-order valence-corrected chi connectivity index (χ2v) is 11.8. The van der Waals surface area contributed by atoms with Crippen molar-refractivity contribution in [1.29, 1.82) is 0 Å². The van der Waals surface area contributed by atoms with E-state index in [4.69, 9.17) is 9.84 Å². The third-order valence-electron chi connectivity index (χ3n) is 6.85. The summed E-state index contributed by atoms with van der Waals surface area (Å²) in [6, 6.07) is 0.533. The lowest BCUT2D eigenvalue weighted by Gasteiger charge is -2.42. The third-order valence-corrected chi connectivity index (χ3v) is 8.94. The third kappa shape index (κ3) is 7.09. The van der Waals surface area contributed by atoms with Gasteiger partial charge in [-0.25, -0.2) is 9.78 Å². The smallest absolute Gasteiger partial charge is 0.324 e. The van der Waals surface area contributed by atoms with Crippen molar-refractivity contribution in [2.45, 2.75) is 86.9 Å². The zero-order valence-corrected chi connectivity index (χ0v) is 20.3. The lowest BCUT2D eigenvalue weighted by atomic mass is 9.84. The van der Waals surface area contributed by atoms with E-state index in [0.717, 1.165) is 61.9 Å². The van der Waals surface area contributed by atoms with Crippen molar-refractivity contribution < 1.29 is 19.4 Å². The van der Waals surface area contributed by atoms with Gasteiger partial charge in [0.05, 0.1) is 16.2 Å².